The molecule has 0 aromatic heterocycles. The molecule has 0 aliphatic heterocycles. The smallest absolute Gasteiger partial charge is 0.334 e. The van der Waals surface area contributed by atoms with Crippen molar-refractivity contribution in [3.05, 3.63) is 65.2 Å². The predicted molar refractivity (Wildman–Crippen MR) is 78.9 cm³/mol. The van der Waals surface area contributed by atoms with Crippen molar-refractivity contribution in [2.45, 2.75) is 25.3 Å². The van der Waals surface area contributed by atoms with E-state index in [1.54, 1.807) is 0 Å². The van der Waals surface area contributed by atoms with Crippen molar-refractivity contribution in [3.63, 3.8) is 0 Å². The SMILES string of the molecule is Cc1ccc(NC2(C(=O)O)CCc3ccccc32)cc1. The van der Waals surface area contributed by atoms with Gasteiger partial charge in [-0.1, -0.05) is 42.0 Å². The van der Waals surface area contributed by atoms with Gasteiger partial charge in [-0.3, -0.25) is 0 Å². The summed E-state index contributed by atoms with van der Waals surface area (Å²) in [5.41, 5.74) is 3.00. The zero-order valence-corrected chi connectivity index (χ0v) is 11.4. The van der Waals surface area contributed by atoms with Crippen molar-refractivity contribution in [1.82, 2.24) is 0 Å². The molecule has 20 heavy (non-hydrogen) atoms. The minimum absolute atomic E-state index is 0.579. The molecule has 0 heterocycles. The van der Waals surface area contributed by atoms with Crippen LogP contribution in [0.15, 0.2) is 48.5 Å². The van der Waals surface area contributed by atoms with Crippen LogP contribution in [0.1, 0.15) is 23.1 Å². The Morgan fingerprint density at radius 3 is 2.55 bits per heavy atom. The van der Waals surface area contributed by atoms with Crippen molar-refractivity contribution < 1.29 is 9.90 Å². The monoisotopic (exact) mass is 267 g/mol. The Kier molecular flexibility index (Phi) is 2.97. The standard InChI is InChI=1S/C17H17NO2/c1-12-6-8-14(9-7-12)18-17(16(19)20)11-10-13-4-2-3-5-15(13)17/h2-9,18H,10-11H2,1H3,(H,19,20). The van der Waals surface area contributed by atoms with Gasteiger partial charge in [0.2, 0.25) is 0 Å². The van der Waals surface area contributed by atoms with Gasteiger partial charge in [-0.2, -0.15) is 0 Å². The number of fused-ring (bicyclic) bond motifs is 1. The summed E-state index contributed by atoms with van der Waals surface area (Å²) < 4.78 is 0. The largest absolute Gasteiger partial charge is 0.479 e. The van der Waals surface area contributed by atoms with Crippen molar-refractivity contribution >= 4 is 11.7 Å². The van der Waals surface area contributed by atoms with Crippen molar-refractivity contribution in [2.75, 3.05) is 5.32 Å². The van der Waals surface area contributed by atoms with Gasteiger partial charge in [0, 0.05) is 5.69 Å². The molecule has 3 rings (SSSR count). The Labute approximate surface area is 118 Å². The van der Waals surface area contributed by atoms with E-state index in [4.69, 9.17) is 0 Å². The van der Waals surface area contributed by atoms with Gasteiger partial charge in [0.05, 0.1) is 0 Å². The van der Waals surface area contributed by atoms with Gasteiger partial charge in [-0.05, 0) is 43.0 Å². The summed E-state index contributed by atoms with van der Waals surface area (Å²) in [5.74, 6) is -0.817. The zero-order valence-electron chi connectivity index (χ0n) is 11.4. The summed E-state index contributed by atoms with van der Waals surface area (Å²) in [5, 5.41) is 13.0. The number of anilines is 1. The van der Waals surface area contributed by atoms with E-state index in [-0.39, 0.29) is 0 Å². The lowest BCUT2D eigenvalue weighted by Crippen LogP contribution is -2.41. The molecule has 1 unspecified atom stereocenters. The molecule has 0 saturated carbocycles. The first-order chi connectivity index (χ1) is 9.62. The van der Waals surface area contributed by atoms with E-state index < -0.39 is 11.5 Å². The van der Waals surface area contributed by atoms with Crippen LogP contribution in [0.2, 0.25) is 0 Å². The lowest BCUT2D eigenvalue weighted by molar-refractivity contribution is -0.142. The maximum atomic E-state index is 11.9. The fourth-order valence-corrected chi connectivity index (χ4v) is 2.90. The number of nitrogens with one attached hydrogen (secondary N) is 1. The van der Waals surface area contributed by atoms with Crippen LogP contribution in [-0.2, 0) is 16.8 Å². The maximum absolute atomic E-state index is 11.9. The summed E-state index contributed by atoms with van der Waals surface area (Å²) >= 11 is 0. The molecule has 2 aromatic rings. The second kappa shape index (κ2) is 4.67. The summed E-state index contributed by atoms with van der Waals surface area (Å²) in [7, 11) is 0. The molecule has 0 fully saturated rings. The Morgan fingerprint density at radius 1 is 1.15 bits per heavy atom. The summed E-state index contributed by atoms with van der Waals surface area (Å²) in [4.78, 5) is 11.9. The van der Waals surface area contributed by atoms with E-state index in [9.17, 15) is 9.90 Å². The number of carboxylic acid groups (broad SMARTS) is 1. The van der Waals surface area contributed by atoms with Crippen LogP contribution in [0.5, 0.6) is 0 Å². The van der Waals surface area contributed by atoms with Crippen LogP contribution in [0, 0.1) is 6.92 Å². The molecule has 2 aromatic carbocycles. The van der Waals surface area contributed by atoms with Gasteiger partial charge in [0.25, 0.3) is 0 Å². The van der Waals surface area contributed by atoms with Crippen LogP contribution in [-0.4, -0.2) is 11.1 Å². The first-order valence-electron chi connectivity index (χ1n) is 6.78. The maximum Gasteiger partial charge on any atom is 0.334 e. The summed E-state index contributed by atoms with van der Waals surface area (Å²) in [6, 6.07) is 15.6. The molecule has 0 radical (unpaired) electrons. The average Bonchev–Trinajstić information content (AvgIpc) is 2.82. The predicted octanol–water partition coefficient (Wildman–Crippen LogP) is 3.33. The van der Waals surface area contributed by atoms with Crippen LogP contribution >= 0.6 is 0 Å². The lowest BCUT2D eigenvalue weighted by atomic mass is 9.91. The number of hydrogen-bond donors (Lipinski definition) is 2. The van der Waals surface area contributed by atoms with Crippen molar-refractivity contribution in [1.29, 1.82) is 0 Å². The third kappa shape index (κ3) is 1.95. The molecule has 1 atom stereocenters. The van der Waals surface area contributed by atoms with Crippen LogP contribution in [0.3, 0.4) is 0 Å². The quantitative estimate of drug-likeness (QED) is 0.896. The highest BCUT2D eigenvalue weighted by molar-refractivity contribution is 5.86. The highest BCUT2D eigenvalue weighted by Gasteiger charge is 2.45. The highest BCUT2D eigenvalue weighted by Crippen LogP contribution is 2.39. The van der Waals surface area contributed by atoms with E-state index >= 15 is 0 Å². The fraction of sp³-hybridized carbons (Fsp3) is 0.235. The topological polar surface area (TPSA) is 49.3 Å². The molecular weight excluding hydrogens is 250 g/mol. The van der Waals surface area contributed by atoms with Gasteiger partial charge < -0.3 is 10.4 Å². The van der Waals surface area contributed by atoms with Crippen molar-refractivity contribution in [2.24, 2.45) is 0 Å². The molecule has 102 valence electrons. The van der Waals surface area contributed by atoms with E-state index in [1.807, 2.05) is 55.5 Å². The molecule has 2 N–H and O–H groups in total. The van der Waals surface area contributed by atoms with Gasteiger partial charge in [0.15, 0.2) is 5.54 Å². The summed E-state index contributed by atoms with van der Waals surface area (Å²) in [6.45, 7) is 2.02. The number of carbonyl (C=O) groups is 1. The Bertz CT molecular complexity index is 648. The normalized spacial score (nSPS) is 20.4. The first kappa shape index (κ1) is 12.7. The van der Waals surface area contributed by atoms with Crippen LogP contribution in [0.4, 0.5) is 5.69 Å². The Hall–Kier alpha value is -2.29. The second-order valence-electron chi connectivity index (χ2n) is 5.36. The van der Waals surface area contributed by atoms with Crippen LogP contribution in [0.25, 0.3) is 0 Å². The molecule has 1 aliphatic rings. The number of aliphatic carboxylic acids is 1. The number of hydrogen-bond acceptors (Lipinski definition) is 2. The number of carboxylic acids is 1. The first-order valence-corrected chi connectivity index (χ1v) is 6.78. The Balaban J connectivity index is 2.02. The molecule has 0 spiro atoms. The number of rotatable bonds is 3. The van der Waals surface area contributed by atoms with Crippen LogP contribution < -0.4 is 5.32 Å². The van der Waals surface area contributed by atoms with E-state index in [2.05, 4.69) is 5.32 Å². The van der Waals surface area contributed by atoms with E-state index in [0.29, 0.717) is 6.42 Å². The van der Waals surface area contributed by atoms with Gasteiger partial charge >= 0.3 is 5.97 Å². The minimum atomic E-state index is -1.01. The average molecular weight is 267 g/mol. The van der Waals surface area contributed by atoms with Gasteiger partial charge in [-0.15, -0.1) is 0 Å². The molecule has 3 nitrogen and oxygen atoms in total. The highest BCUT2D eigenvalue weighted by atomic mass is 16.4. The number of aryl methyl sites for hydroxylation is 2. The third-order valence-electron chi connectivity index (χ3n) is 4.02. The van der Waals surface area contributed by atoms with E-state index in [0.717, 1.165) is 28.8 Å². The minimum Gasteiger partial charge on any atom is -0.479 e. The second-order valence-corrected chi connectivity index (χ2v) is 5.36. The van der Waals surface area contributed by atoms with Gasteiger partial charge in [-0.25, -0.2) is 4.79 Å². The molecule has 3 heteroatoms. The molecule has 1 aliphatic carbocycles. The van der Waals surface area contributed by atoms with Crippen molar-refractivity contribution in [3.8, 4) is 0 Å². The molecular formula is C17H17NO2. The Morgan fingerprint density at radius 2 is 1.85 bits per heavy atom. The lowest BCUT2D eigenvalue weighted by Gasteiger charge is -2.28. The zero-order chi connectivity index (χ0) is 14.2. The molecule has 0 amide bonds. The van der Waals surface area contributed by atoms with Gasteiger partial charge in [0.1, 0.15) is 0 Å². The fourth-order valence-electron chi connectivity index (χ4n) is 2.90. The molecule has 0 saturated heterocycles. The molecule has 0 bridgehead atoms. The number of benzene rings is 2. The van der Waals surface area contributed by atoms with E-state index in [1.165, 1.54) is 0 Å². The summed E-state index contributed by atoms with van der Waals surface area (Å²) in [6.07, 6.45) is 1.37. The third-order valence-corrected chi connectivity index (χ3v) is 4.02.